The highest BCUT2D eigenvalue weighted by atomic mass is 32.2. The van der Waals surface area contributed by atoms with Crippen molar-refractivity contribution in [2.24, 2.45) is 0 Å². The van der Waals surface area contributed by atoms with Crippen LogP contribution in [0.5, 0.6) is 0 Å². The predicted octanol–water partition coefficient (Wildman–Crippen LogP) is 3.30. The van der Waals surface area contributed by atoms with Gasteiger partial charge in [-0.15, -0.1) is 0 Å². The Labute approximate surface area is 97.8 Å². The van der Waals surface area contributed by atoms with Crippen LogP contribution in [0, 0.1) is 11.3 Å². The molecule has 0 unspecified atom stereocenters. The Balaban J connectivity index is 2.49. The third-order valence-electron chi connectivity index (χ3n) is 1.36. The summed E-state index contributed by atoms with van der Waals surface area (Å²) in [6.07, 6.45) is 3.85. The lowest BCUT2D eigenvalue weighted by atomic mass is 10.2. The fourth-order valence-electron chi connectivity index (χ4n) is 0.715. The minimum absolute atomic E-state index is 0.447. The van der Waals surface area contributed by atoms with Crippen molar-refractivity contribution >= 4 is 39.5 Å². The molecule has 1 aromatic rings. The maximum Gasteiger partial charge on any atom is 0.126 e. The molecule has 74 valence electrons. The molecule has 0 spiro atoms. The van der Waals surface area contributed by atoms with Crippen LogP contribution in [0.4, 0.5) is 0 Å². The number of thioether (sulfide) groups is 1. The molecule has 0 bridgehead atoms. The summed E-state index contributed by atoms with van der Waals surface area (Å²) < 4.78 is 2.23. The van der Waals surface area contributed by atoms with Crippen LogP contribution in [0.15, 0.2) is 24.5 Å². The van der Waals surface area contributed by atoms with Crippen LogP contribution in [0.2, 0.25) is 0 Å². The van der Waals surface area contributed by atoms with Gasteiger partial charge in [0, 0.05) is 24.3 Å². The highest BCUT2D eigenvalue weighted by molar-refractivity contribution is 8.47. The second-order valence-electron chi connectivity index (χ2n) is 3.11. The summed E-state index contributed by atoms with van der Waals surface area (Å²) in [7, 11) is 0. The lowest BCUT2D eigenvalue weighted by Crippen LogP contribution is -2.12. The molecule has 0 fully saturated rings. The summed E-state index contributed by atoms with van der Waals surface area (Å²) >= 11 is 8.04. The molecule has 0 amide bonds. The van der Waals surface area contributed by atoms with Gasteiger partial charge in [-0.25, -0.2) is 0 Å². The minimum Gasteiger partial charge on any atom is -0.294 e. The maximum atomic E-state index is 8.82. The number of aromatic nitrogens is 1. The summed E-state index contributed by atoms with van der Waals surface area (Å²) in [6.45, 7) is 3.72. The molecule has 0 aliphatic rings. The summed E-state index contributed by atoms with van der Waals surface area (Å²) in [5.74, 6) is 0. The molecule has 0 atom stereocenters. The minimum atomic E-state index is -0.447. The first kappa shape index (κ1) is 11.6. The molecule has 0 radical (unpaired) electrons. The lowest BCUT2D eigenvalue weighted by Gasteiger charge is -2.14. The van der Waals surface area contributed by atoms with Gasteiger partial charge in [0.2, 0.25) is 0 Å². The van der Waals surface area contributed by atoms with E-state index in [4.69, 9.17) is 17.5 Å². The number of hydrogen-bond acceptors (Lipinski definition) is 4. The number of rotatable bonds is 2. The maximum absolute atomic E-state index is 8.82. The predicted molar refractivity (Wildman–Crippen MR) is 67.3 cm³/mol. The molecule has 0 saturated carbocycles. The van der Waals surface area contributed by atoms with Crippen molar-refractivity contribution in [2.75, 3.05) is 0 Å². The average Bonchev–Trinajstić information content (AvgIpc) is 2.55. The van der Waals surface area contributed by atoms with Crippen molar-refractivity contribution in [3.63, 3.8) is 0 Å². The molecular weight excluding hydrogens is 232 g/mol. The largest absolute Gasteiger partial charge is 0.294 e. The molecule has 1 heterocycles. The van der Waals surface area contributed by atoms with Gasteiger partial charge in [-0.1, -0.05) is 24.0 Å². The van der Waals surface area contributed by atoms with Crippen molar-refractivity contribution in [1.82, 2.24) is 3.97 Å². The fraction of sp³-hybridized carbons (Fsp3) is 0.333. The Hall–Kier alpha value is -0.440. The van der Waals surface area contributed by atoms with Gasteiger partial charge in [0.1, 0.15) is 8.28 Å². The zero-order valence-corrected chi connectivity index (χ0v) is 10.4. The van der Waals surface area contributed by atoms with Crippen LogP contribution >= 0.6 is 35.9 Å². The van der Waals surface area contributed by atoms with Crippen molar-refractivity contribution in [1.29, 1.82) is 5.26 Å². The molecule has 0 saturated heterocycles. The molecule has 1 aromatic heterocycles. The Morgan fingerprint density at radius 2 is 2.00 bits per heavy atom. The van der Waals surface area contributed by atoms with E-state index in [-0.39, 0.29) is 0 Å². The normalized spacial score (nSPS) is 10.9. The van der Waals surface area contributed by atoms with Gasteiger partial charge in [-0.05, 0) is 26.0 Å². The summed E-state index contributed by atoms with van der Waals surface area (Å²) in [4.78, 5) is 0. The molecular formula is C9H10N2S3. The van der Waals surface area contributed by atoms with E-state index in [0.29, 0.717) is 0 Å². The van der Waals surface area contributed by atoms with Crippen LogP contribution in [-0.2, 0) is 0 Å². The molecule has 0 aromatic carbocycles. The number of hydrogen-bond donors (Lipinski definition) is 0. The number of nitriles is 1. The van der Waals surface area contributed by atoms with Crippen molar-refractivity contribution in [2.45, 2.75) is 18.6 Å². The van der Waals surface area contributed by atoms with Crippen LogP contribution < -0.4 is 0 Å². The van der Waals surface area contributed by atoms with Gasteiger partial charge in [0.15, 0.2) is 0 Å². The first-order chi connectivity index (χ1) is 6.53. The first-order valence-corrected chi connectivity index (χ1v) is 5.99. The molecule has 0 aliphatic carbocycles. The third-order valence-corrected chi connectivity index (χ3v) is 3.68. The van der Waals surface area contributed by atoms with E-state index in [1.54, 1.807) is 0 Å². The van der Waals surface area contributed by atoms with Crippen LogP contribution in [0.3, 0.4) is 0 Å². The Kier molecular flexibility index (Phi) is 4.05. The van der Waals surface area contributed by atoms with Gasteiger partial charge in [-0.3, -0.25) is 3.97 Å². The topological polar surface area (TPSA) is 28.7 Å². The average molecular weight is 242 g/mol. The second kappa shape index (κ2) is 4.87. The molecule has 5 heteroatoms. The van der Waals surface area contributed by atoms with Crippen molar-refractivity contribution in [3.8, 4) is 6.07 Å². The van der Waals surface area contributed by atoms with Crippen LogP contribution in [-0.4, -0.2) is 12.2 Å². The van der Waals surface area contributed by atoms with Crippen molar-refractivity contribution < 1.29 is 0 Å². The van der Waals surface area contributed by atoms with Gasteiger partial charge < -0.3 is 0 Å². The Morgan fingerprint density at radius 3 is 2.50 bits per heavy atom. The van der Waals surface area contributed by atoms with Crippen molar-refractivity contribution in [3.05, 3.63) is 24.5 Å². The van der Waals surface area contributed by atoms with E-state index in [9.17, 15) is 0 Å². The smallest absolute Gasteiger partial charge is 0.126 e. The van der Waals surface area contributed by atoms with Gasteiger partial charge in [0.05, 0.1) is 6.07 Å². The van der Waals surface area contributed by atoms with Gasteiger partial charge in [-0.2, -0.15) is 5.26 Å². The van der Waals surface area contributed by atoms with Crippen LogP contribution in [0.1, 0.15) is 13.8 Å². The summed E-state index contributed by atoms with van der Waals surface area (Å²) in [5, 5.41) is 8.82. The Bertz CT molecular complexity index is 349. The molecule has 2 nitrogen and oxygen atoms in total. The molecule has 0 aliphatic heterocycles. The summed E-state index contributed by atoms with van der Waals surface area (Å²) in [5.41, 5.74) is 0. The van der Waals surface area contributed by atoms with E-state index in [0.717, 1.165) is 3.53 Å². The fourth-order valence-corrected chi connectivity index (χ4v) is 3.53. The quantitative estimate of drug-likeness (QED) is 0.744. The second-order valence-corrected chi connectivity index (χ2v) is 6.94. The zero-order valence-electron chi connectivity index (χ0n) is 7.93. The van der Waals surface area contributed by atoms with Crippen LogP contribution in [0.25, 0.3) is 0 Å². The lowest BCUT2D eigenvalue weighted by molar-refractivity contribution is 0.921. The van der Waals surface area contributed by atoms with E-state index >= 15 is 0 Å². The van der Waals surface area contributed by atoms with E-state index in [1.807, 2.05) is 42.3 Å². The number of nitrogens with zero attached hydrogens (tertiary/aromatic N) is 2. The number of thiocarbonyl (C=S) groups is 1. The van der Waals surface area contributed by atoms with E-state index in [1.165, 1.54) is 23.7 Å². The van der Waals surface area contributed by atoms with Gasteiger partial charge in [0.25, 0.3) is 0 Å². The molecule has 14 heavy (non-hydrogen) atoms. The monoisotopic (exact) mass is 242 g/mol. The Morgan fingerprint density at radius 1 is 1.43 bits per heavy atom. The van der Waals surface area contributed by atoms with E-state index in [2.05, 4.69) is 6.07 Å². The van der Waals surface area contributed by atoms with E-state index < -0.39 is 4.75 Å². The molecule has 0 N–H and O–H groups in total. The highest BCUT2D eigenvalue weighted by Gasteiger charge is 2.20. The van der Waals surface area contributed by atoms with Gasteiger partial charge >= 0.3 is 0 Å². The first-order valence-electron chi connectivity index (χ1n) is 3.99. The standard InChI is InChI=1S/C9H10N2S3/c1-9(2,7-10)13-8(12)14-11-5-3-4-6-11/h3-6H,1-2H3. The third kappa shape index (κ3) is 3.74. The molecule has 1 rings (SSSR count). The summed E-state index contributed by atoms with van der Waals surface area (Å²) in [6, 6.07) is 6.09. The SMILES string of the molecule is CC(C)(C#N)SC(=S)Sn1cccc1. The zero-order chi connectivity index (χ0) is 10.6. The highest BCUT2D eigenvalue weighted by Crippen LogP contribution is 2.30.